The predicted molar refractivity (Wildman–Crippen MR) is 125 cm³/mol. The number of carbonyl (C=O) groups is 2. The topological polar surface area (TPSA) is 84.4 Å². The van der Waals surface area contributed by atoms with E-state index in [-0.39, 0.29) is 24.1 Å². The van der Waals surface area contributed by atoms with Crippen LogP contribution in [0.5, 0.6) is 5.75 Å². The molecule has 0 aliphatic carbocycles. The molecule has 7 nitrogen and oxygen atoms in total. The SMILES string of the molecule is CC(C)CCN1C(=O)C(C)(C)COc2cc(NC(=O)c3cnc4ccccc4n3)ccc21. The number of carbonyl (C=O) groups excluding carboxylic acids is 2. The summed E-state index contributed by atoms with van der Waals surface area (Å²) < 4.78 is 6.02. The van der Waals surface area contributed by atoms with E-state index in [1.165, 1.54) is 6.20 Å². The van der Waals surface area contributed by atoms with Crippen LogP contribution in [0, 0.1) is 11.3 Å². The summed E-state index contributed by atoms with van der Waals surface area (Å²) in [5.74, 6) is 0.736. The van der Waals surface area contributed by atoms with E-state index in [1.807, 2.05) is 49.1 Å². The van der Waals surface area contributed by atoms with Crippen molar-refractivity contribution < 1.29 is 14.3 Å². The molecule has 1 aliphatic rings. The highest BCUT2D eigenvalue weighted by atomic mass is 16.5. The van der Waals surface area contributed by atoms with Crippen LogP contribution >= 0.6 is 0 Å². The molecule has 0 saturated heterocycles. The quantitative estimate of drug-likeness (QED) is 0.633. The molecule has 166 valence electrons. The van der Waals surface area contributed by atoms with E-state index in [1.54, 1.807) is 12.1 Å². The van der Waals surface area contributed by atoms with Crippen molar-refractivity contribution >= 4 is 34.2 Å². The van der Waals surface area contributed by atoms with Crippen molar-refractivity contribution in [2.75, 3.05) is 23.4 Å². The molecule has 0 saturated carbocycles. The lowest BCUT2D eigenvalue weighted by Gasteiger charge is -2.28. The van der Waals surface area contributed by atoms with Gasteiger partial charge < -0.3 is 15.0 Å². The number of amides is 2. The molecular formula is C25H28N4O3. The van der Waals surface area contributed by atoms with Crippen LogP contribution in [0.1, 0.15) is 44.6 Å². The van der Waals surface area contributed by atoms with Gasteiger partial charge in [-0.25, -0.2) is 4.98 Å². The van der Waals surface area contributed by atoms with Crippen LogP contribution in [0.4, 0.5) is 11.4 Å². The summed E-state index contributed by atoms with van der Waals surface area (Å²) in [6, 6.07) is 12.8. The van der Waals surface area contributed by atoms with Gasteiger partial charge in [0.05, 0.1) is 28.3 Å². The summed E-state index contributed by atoms with van der Waals surface area (Å²) in [5, 5.41) is 2.87. The summed E-state index contributed by atoms with van der Waals surface area (Å²) in [7, 11) is 0. The van der Waals surface area contributed by atoms with E-state index < -0.39 is 5.41 Å². The van der Waals surface area contributed by atoms with E-state index >= 15 is 0 Å². The molecular weight excluding hydrogens is 404 g/mol. The highest BCUT2D eigenvalue weighted by Crippen LogP contribution is 2.38. The van der Waals surface area contributed by atoms with Crippen LogP contribution in [-0.2, 0) is 4.79 Å². The number of para-hydroxylation sites is 2. The maximum absolute atomic E-state index is 13.2. The summed E-state index contributed by atoms with van der Waals surface area (Å²) in [6.45, 7) is 8.95. The van der Waals surface area contributed by atoms with Gasteiger partial charge in [0.1, 0.15) is 18.1 Å². The van der Waals surface area contributed by atoms with E-state index in [9.17, 15) is 9.59 Å². The zero-order valence-corrected chi connectivity index (χ0v) is 18.9. The first kappa shape index (κ1) is 21.7. The van der Waals surface area contributed by atoms with Gasteiger partial charge in [0.2, 0.25) is 5.91 Å². The van der Waals surface area contributed by atoms with Crippen LogP contribution in [0.3, 0.4) is 0 Å². The molecule has 1 N–H and O–H groups in total. The van der Waals surface area contributed by atoms with E-state index in [4.69, 9.17) is 4.74 Å². The van der Waals surface area contributed by atoms with Gasteiger partial charge in [-0.3, -0.25) is 14.6 Å². The number of benzene rings is 2. The number of aromatic nitrogens is 2. The fraction of sp³-hybridized carbons (Fsp3) is 0.360. The number of nitrogens with zero attached hydrogens (tertiary/aromatic N) is 3. The Kier molecular flexibility index (Phi) is 5.82. The molecule has 7 heteroatoms. The van der Waals surface area contributed by atoms with Gasteiger partial charge in [0.15, 0.2) is 0 Å². The number of nitrogens with one attached hydrogen (secondary N) is 1. The molecule has 0 spiro atoms. The highest BCUT2D eigenvalue weighted by molar-refractivity contribution is 6.04. The Morgan fingerprint density at radius 3 is 2.69 bits per heavy atom. The highest BCUT2D eigenvalue weighted by Gasteiger charge is 2.37. The third-order valence-electron chi connectivity index (χ3n) is 5.53. The standard InChI is InChI=1S/C25H28N4O3/c1-16(2)11-12-29-21-10-9-17(13-22(21)32-15-25(3,4)24(29)31)27-23(30)20-14-26-18-7-5-6-8-19(18)28-20/h5-10,13-14,16H,11-12,15H2,1-4H3,(H,27,30). The zero-order chi connectivity index (χ0) is 22.9. The van der Waals surface area contributed by atoms with Crippen LogP contribution in [0.2, 0.25) is 0 Å². The van der Waals surface area contributed by atoms with Gasteiger partial charge >= 0.3 is 0 Å². The lowest BCUT2D eigenvalue weighted by molar-refractivity contribution is -0.127. The molecule has 2 amide bonds. The summed E-state index contributed by atoms with van der Waals surface area (Å²) >= 11 is 0. The number of ether oxygens (including phenoxy) is 1. The van der Waals surface area contributed by atoms with Crippen molar-refractivity contribution in [1.82, 2.24) is 9.97 Å². The van der Waals surface area contributed by atoms with E-state index in [0.717, 1.165) is 17.6 Å². The number of hydrogen-bond donors (Lipinski definition) is 1. The average Bonchev–Trinajstić information content (AvgIpc) is 2.86. The number of hydrogen-bond acceptors (Lipinski definition) is 5. The van der Waals surface area contributed by atoms with Crippen molar-refractivity contribution in [3.63, 3.8) is 0 Å². The number of anilines is 2. The second-order valence-corrected chi connectivity index (χ2v) is 9.19. The third-order valence-corrected chi connectivity index (χ3v) is 5.53. The summed E-state index contributed by atoms with van der Waals surface area (Å²) in [6.07, 6.45) is 2.35. The molecule has 0 unspecified atom stereocenters. The number of fused-ring (bicyclic) bond motifs is 2. The monoisotopic (exact) mass is 432 g/mol. The molecule has 2 heterocycles. The van der Waals surface area contributed by atoms with Crippen molar-refractivity contribution in [3.05, 3.63) is 54.4 Å². The van der Waals surface area contributed by atoms with Crippen molar-refractivity contribution in [2.45, 2.75) is 34.1 Å². The second-order valence-electron chi connectivity index (χ2n) is 9.19. The fourth-order valence-electron chi connectivity index (χ4n) is 3.60. The maximum Gasteiger partial charge on any atom is 0.275 e. The molecule has 1 aromatic heterocycles. The molecule has 32 heavy (non-hydrogen) atoms. The Morgan fingerprint density at radius 2 is 1.94 bits per heavy atom. The normalized spacial score (nSPS) is 15.3. The molecule has 4 rings (SSSR count). The van der Waals surface area contributed by atoms with Gasteiger partial charge in [0, 0.05) is 18.3 Å². The van der Waals surface area contributed by atoms with Crippen molar-refractivity contribution in [3.8, 4) is 5.75 Å². The van der Waals surface area contributed by atoms with Crippen LogP contribution in [0.15, 0.2) is 48.7 Å². The molecule has 2 aromatic carbocycles. The number of rotatable bonds is 5. The van der Waals surface area contributed by atoms with Gasteiger partial charge in [-0.1, -0.05) is 26.0 Å². The van der Waals surface area contributed by atoms with Crippen LogP contribution < -0.4 is 15.0 Å². The predicted octanol–water partition coefficient (Wildman–Crippen LogP) is 4.68. The Bertz CT molecular complexity index is 1170. The minimum absolute atomic E-state index is 0.0418. The Balaban J connectivity index is 1.60. The van der Waals surface area contributed by atoms with Crippen LogP contribution in [-0.4, -0.2) is 34.9 Å². The second kappa shape index (κ2) is 8.57. The summed E-state index contributed by atoms with van der Waals surface area (Å²) in [5.41, 5.74) is 2.28. The smallest absolute Gasteiger partial charge is 0.275 e. The Labute approximate surface area is 187 Å². The van der Waals surface area contributed by atoms with Crippen molar-refractivity contribution in [1.29, 1.82) is 0 Å². The largest absolute Gasteiger partial charge is 0.490 e. The first-order valence-corrected chi connectivity index (χ1v) is 10.9. The summed E-state index contributed by atoms with van der Waals surface area (Å²) in [4.78, 5) is 36.4. The van der Waals surface area contributed by atoms with E-state index in [2.05, 4.69) is 29.1 Å². The third kappa shape index (κ3) is 4.42. The fourth-order valence-corrected chi connectivity index (χ4v) is 3.60. The van der Waals surface area contributed by atoms with Crippen molar-refractivity contribution in [2.24, 2.45) is 11.3 Å². The van der Waals surface area contributed by atoms with Gasteiger partial charge in [-0.05, 0) is 50.5 Å². The minimum Gasteiger partial charge on any atom is -0.490 e. The molecule has 0 bridgehead atoms. The Hall–Kier alpha value is -3.48. The first-order chi connectivity index (χ1) is 15.2. The molecule has 0 atom stereocenters. The van der Waals surface area contributed by atoms with Gasteiger partial charge in [-0.2, -0.15) is 0 Å². The maximum atomic E-state index is 13.2. The molecule has 1 aliphatic heterocycles. The van der Waals surface area contributed by atoms with Gasteiger partial charge in [-0.15, -0.1) is 0 Å². The van der Waals surface area contributed by atoms with Gasteiger partial charge in [0.25, 0.3) is 5.91 Å². The minimum atomic E-state index is -0.639. The first-order valence-electron chi connectivity index (χ1n) is 10.9. The van der Waals surface area contributed by atoms with E-state index in [0.29, 0.717) is 29.4 Å². The molecule has 0 radical (unpaired) electrons. The lowest BCUT2D eigenvalue weighted by atomic mass is 9.92. The van der Waals surface area contributed by atoms with Crippen LogP contribution in [0.25, 0.3) is 11.0 Å². The molecule has 0 fully saturated rings. The average molecular weight is 433 g/mol. The Morgan fingerprint density at radius 1 is 1.19 bits per heavy atom. The molecule has 3 aromatic rings. The lowest BCUT2D eigenvalue weighted by Crippen LogP contribution is -2.42. The zero-order valence-electron chi connectivity index (χ0n) is 18.9.